The van der Waals surface area contributed by atoms with Crippen LogP contribution in [-0.2, 0) is 0 Å². The molecule has 0 saturated heterocycles. The predicted octanol–water partition coefficient (Wildman–Crippen LogP) is 7.64. The second kappa shape index (κ2) is 8.47. The van der Waals surface area contributed by atoms with Crippen LogP contribution in [0.25, 0.3) is 32.3 Å². The maximum absolute atomic E-state index is 5.11. The van der Waals surface area contributed by atoms with Crippen molar-refractivity contribution < 1.29 is 0 Å². The lowest BCUT2D eigenvalue weighted by molar-refractivity contribution is 0.756. The molecule has 0 saturated carbocycles. The van der Waals surface area contributed by atoms with Gasteiger partial charge < -0.3 is 5.32 Å². The Kier molecular flexibility index (Phi) is 4.85. The highest BCUT2D eigenvalue weighted by molar-refractivity contribution is 6.22. The molecule has 0 fully saturated rings. The van der Waals surface area contributed by atoms with Crippen molar-refractivity contribution in [2.45, 2.75) is 6.17 Å². The van der Waals surface area contributed by atoms with Crippen LogP contribution in [0.5, 0.6) is 0 Å². The van der Waals surface area contributed by atoms with E-state index in [0.29, 0.717) is 0 Å². The lowest BCUT2D eigenvalue weighted by Crippen LogP contribution is -2.36. The Balaban J connectivity index is 1.44. The van der Waals surface area contributed by atoms with E-state index in [9.17, 15) is 0 Å². The molecule has 6 aromatic carbocycles. The Labute approximate surface area is 209 Å². The SMILES string of the molecule is c1ccc(C2=NC(c3ccccc3)N=C(c3cccc4cc5ccc6ccccc6c5cc34)N2)cc1. The summed E-state index contributed by atoms with van der Waals surface area (Å²) in [6.45, 7) is 0. The summed E-state index contributed by atoms with van der Waals surface area (Å²) >= 11 is 0. The van der Waals surface area contributed by atoms with Crippen LogP contribution in [0.4, 0.5) is 0 Å². The van der Waals surface area contributed by atoms with Crippen molar-refractivity contribution in [3.63, 3.8) is 0 Å². The molecule has 3 nitrogen and oxygen atoms in total. The minimum atomic E-state index is -0.311. The summed E-state index contributed by atoms with van der Waals surface area (Å²) in [6, 6.07) is 44.6. The average molecular weight is 462 g/mol. The second-order valence-electron chi connectivity index (χ2n) is 9.12. The van der Waals surface area contributed by atoms with Crippen LogP contribution >= 0.6 is 0 Å². The third kappa shape index (κ3) is 3.53. The molecule has 1 aliphatic rings. The van der Waals surface area contributed by atoms with Gasteiger partial charge in [-0.25, -0.2) is 9.98 Å². The summed E-state index contributed by atoms with van der Waals surface area (Å²) in [4.78, 5) is 10.1. The predicted molar refractivity (Wildman–Crippen MR) is 151 cm³/mol. The Morgan fingerprint density at radius 3 is 2.00 bits per heavy atom. The number of hydrogen-bond acceptors (Lipinski definition) is 3. The van der Waals surface area contributed by atoms with Crippen molar-refractivity contribution in [3.05, 3.63) is 144 Å². The largest absolute Gasteiger partial charge is 0.324 e. The van der Waals surface area contributed by atoms with E-state index in [1.807, 2.05) is 36.4 Å². The molecular weight excluding hydrogens is 438 g/mol. The average Bonchev–Trinajstić information content (AvgIpc) is 2.96. The number of amidine groups is 2. The molecular formula is C33H23N3. The zero-order chi connectivity index (χ0) is 23.9. The van der Waals surface area contributed by atoms with E-state index in [0.717, 1.165) is 28.4 Å². The van der Waals surface area contributed by atoms with Crippen molar-refractivity contribution in [3.8, 4) is 0 Å². The topological polar surface area (TPSA) is 36.8 Å². The normalized spacial score (nSPS) is 15.5. The highest BCUT2D eigenvalue weighted by Crippen LogP contribution is 2.32. The fourth-order valence-electron chi connectivity index (χ4n) is 5.09. The molecule has 0 spiro atoms. The fraction of sp³-hybridized carbons (Fsp3) is 0.0303. The van der Waals surface area contributed by atoms with Gasteiger partial charge in [0.1, 0.15) is 11.7 Å². The lowest BCUT2D eigenvalue weighted by atomic mass is 9.95. The summed E-state index contributed by atoms with van der Waals surface area (Å²) in [6.07, 6.45) is -0.311. The van der Waals surface area contributed by atoms with Crippen molar-refractivity contribution in [2.75, 3.05) is 0 Å². The number of nitrogens with zero attached hydrogens (tertiary/aromatic N) is 2. The molecule has 1 unspecified atom stereocenters. The van der Waals surface area contributed by atoms with Gasteiger partial charge in [0.15, 0.2) is 6.17 Å². The molecule has 170 valence electrons. The Morgan fingerprint density at radius 2 is 1.14 bits per heavy atom. The second-order valence-corrected chi connectivity index (χ2v) is 9.12. The van der Waals surface area contributed by atoms with Crippen LogP contribution in [0.1, 0.15) is 22.9 Å². The highest BCUT2D eigenvalue weighted by atomic mass is 15.2. The van der Waals surface area contributed by atoms with Gasteiger partial charge in [-0.05, 0) is 50.0 Å². The van der Waals surface area contributed by atoms with E-state index in [2.05, 4.69) is 96.3 Å². The third-order valence-corrected chi connectivity index (χ3v) is 6.88. The molecule has 0 radical (unpaired) electrons. The fourth-order valence-corrected chi connectivity index (χ4v) is 5.09. The zero-order valence-corrected chi connectivity index (χ0v) is 19.6. The molecule has 7 rings (SSSR count). The van der Waals surface area contributed by atoms with Crippen LogP contribution in [0.2, 0.25) is 0 Å². The van der Waals surface area contributed by atoms with Crippen LogP contribution in [0.15, 0.2) is 137 Å². The van der Waals surface area contributed by atoms with Gasteiger partial charge in [0.25, 0.3) is 0 Å². The molecule has 36 heavy (non-hydrogen) atoms. The van der Waals surface area contributed by atoms with Crippen molar-refractivity contribution >= 4 is 44.0 Å². The van der Waals surface area contributed by atoms with Crippen molar-refractivity contribution in [1.82, 2.24) is 5.32 Å². The van der Waals surface area contributed by atoms with Crippen molar-refractivity contribution in [1.29, 1.82) is 0 Å². The summed E-state index contributed by atoms with van der Waals surface area (Å²) in [5.41, 5.74) is 3.19. The molecule has 0 bridgehead atoms. The van der Waals surface area contributed by atoms with Crippen LogP contribution in [-0.4, -0.2) is 11.7 Å². The summed E-state index contributed by atoms with van der Waals surface area (Å²) in [7, 11) is 0. The van der Waals surface area contributed by atoms with Gasteiger partial charge in [-0.15, -0.1) is 0 Å². The minimum absolute atomic E-state index is 0.311. The first-order chi connectivity index (χ1) is 17.8. The van der Waals surface area contributed by atoms with Gasteiger partial charge in [0.05, 0.1) is 0 Å². The number of fused-ring (bicyclic) bond motifs is 4. The standard InChI is InChI=1S/C33H23N3/c1-3-11-23(12-4-1)31-34-32(24-13-5-2-6-14-24)36-33(35-31)28-17-9-15-25-20-26-19-18-22-10-7-8-16-27(22)29(26)21-30(25)28/h1-21,31H,(H,34,35,36). The van der Waals surface area contributed by atoms with E-state index in [1.54, 1.807) is 0 Å². The number of rotatable bonds is 3. The number of benzene rings is 6. The van der Waals surface area contributed by atoms with E-state index in [1.165, 1.54) is 32.3 Å². The molecule has 1 atom stereocenters. The Hall–Kier alpha value is -4.76. The number of nitrogens with one attached hydrogen (secondary N) is 1. The Morgan fingerprint density at radius 1 is 0.472 bits per heavy atom. The molecule has 0 aromatic heterocycles. The van der Waals surface area contributed by atoms with Gasteiger partial charge in [-0.2, -0.15) is 0 Å². The summed E-state index contributed by atoms with van der Waals surface area (Å²) in [5, 5.41) is 10.9. The zero-order valence-electron chi connectivity index (χ0n) is 19.6. The first-order valence-corrected chi connectivity index (χ1v) is 12.2. The third-order valence-electron chi connectivity index (χ3n) is 6.88. The maximum Gasteiger partial charge on any atom is 0.169 e. The van der Waals surface area contributed by atoms with Crippen LogP contribution in [0, 0.1) is 0 Å². The molecule has 1 N–H and O–H groups in total. The number of hydrogen-bond donors (Lipinski definition) is 1. The lowest BCUT2D eigenvalue weighted by Gasteiger charge is -2.23. The number of aliphatic imine (C=N–C) groups is 2. The van der Waals surface area contributed by atoms with E-state index in [4.69, 9.17) is 9.98 Å². The first kappa shape index (κ1) is 20.6. The van der Waals surface area contributed by atoms with Crippen molar-refractivity contribution in [2.24, 2.45) is 9.98 Å². The van der Waals surface area contributed by atoms with Gasteiger partial charge in [-0.1, -0.05) is 115 Å². The van der Waals surface area contributed by atoms with Gasteiger partial charge in [0.2, 0.25) is 0 Å². The first-order valence-electron chi connectivity index (χ1n) is 12.2. The summed E-state index contributed by atoms with van der Waals surface area (Å²) in [5.74, 6) is 1.67. The molecule has 0 amide bonds. The minimum Gasteiger partial charge on any atom is -0.324 e. The maximum atomic E-state index is 5.11. The Bertz CT molecular complexity index is 1800. The van der Waals surface area contributed by atoms with Crippen LogP contribution in [0.3, 0.4) is 0 Å². The van der Waals surface area contributed by atoms with Gasteiger partial charge in [-0.3, -0.25) is 0 Å². The monoisotopic (exact) mass is 461 g/mol. The highest BCUT2D eigenvalue weighted by Gasteiger charge is 2.21. The van der Waals surface area contributed by atoms with Crippen LogP contribution < -0.4 is 5.32 Å². The van der Waals surface area contributed by atoms with E-state index < -0.39 is 0 Å². The van der Waals surface area contributed by atoms with Gasteiger partial charge >= 0.3 is 0 Å². The molecule has 3 heteroatoms. The molecule has 1 heterocycles. The molecule has 6 aromatic rings. The smallest absolute Gasteiger partial charge is 0.169 e. The van der Waals surface area contributed by atoms with E-state index in [-0.39, 0.29) is 6.17 Å². The summed E-state index contributed by atoms with van der Waals surface area (Å²) < 4.78 is 0. The molecule has 0 aliphatic carbocycles. The van der Waals surface area contributed by atoms with E-state index >= 15 is 0 Å². The quantitative estimate of drug-likeness (QED) is 0.213. The molecule has 1 aliphatic heterocycles. The van der Waals surface area contributed by atoms with Gasteiger partial charge in [0, 0.05) is 11.1 Å².